The molecule has 1 fully saturated rings. The van der Waals surface area contributed by atoms with E-state index in [4.69, 9.17) is 4.42 Å². The average molecular weight is 441 g/mol. The summed E-state index contributed by atoms with van der Waals surface area (Å²) in [6, 6.07) is 14.7. The van der Waals surface area contributed by atoms with Gasteiger partial charge < -0.3 is 9.73 Å². The van der Waals surface area contributed by atoms with Gasteiger partial charge in [-0.1, -0.05) is 19.1 Å². The Hall–Kier alpha value is -2.02. The summed E-state index contributed by atoms with van der Waals surface area (Å²) >= 11 is 3.39. The number of piperidine rings is 1. The topological polar surface area (TPSA) is 45.5 Å². The molecular formula is C24H28N2O2S2. The standard InChI is InChI=1S/C24H28N2O2S2/c1-16-10-12-26(13-11-16)22(18-6-8-19(29-3)9-7-18)20-15-17(2)30-24(20)25-23(27)21-5-4-14-28-21/h4-9,14-16,22H,10-13H2,1-3H3,(H,25,27)/t22-/m1/s1. The van der Waals surface area contributed by atoms with E-state index in [-0.39, 0.29) is 11.9 Å². The number of thiophene rings is 1. The number of thioether (sulfide) groups is 1. The Balaban J connectivity index is 1.70. The third-order valence-electron chi connectivity index (χ3n) is 5.77. The molecule has 2 aromatic heterocycles. The van der Waals surface area contributed by atoms with Crippen LogP contribution in [0.3, 0.4) is 0 Å². The van der Waals surface area contributed by atoms with Gasteiger partial charge in [-0.3, -0.25) is 9.69 Å². The van der Waals surface area contributed by atoms with Gasteiger partial charge in [0.2, 0.25) is 0 Å². The molecule has 3 heterocycles. The third kappa shape index (κ3) is 4.66. The fourth-order valence-electron chi connectivity index (χ4n) is 4.07. The molecule has 158 valence electrons. The lowest BCUT2D eigenvalue weighted by molar-refractivity contribution is 0.0996. The number of hydrogen-bond donors (Lipinski definition) is 1. The van der Waals surface area contributed by atoms with Crippen LogP contribution in [0.15, 0.2) is 58.0 Å². The number of furan rings is 1. The molecule has 0 saturated carbocycles. The van der Waals surface area contributed by atoms with E-state index in [9.17, 15) is 4.79 Å². The van der Waals surface area contributed by atoms with Crippen LogP contribution >= 0.6 is 23.1 Å². The van der Waals surface area contributed by atoms with Gasteiger partial charge in [-0.2, -0.15) is 0 Å². The predicted molar refractivity (Wildman–Crippen MR) is 126 cm³/mol. The highest BCUT2D eigenvalue weighted by Crippen LogP contribution is 2.41. The molecule has 0 aliphatic carbocycles. The van der Waals surface area contributed by atoms with Crippen molar-refractivity contribution in [2.24, 2.45) is 5.92 Å². The van der Waals surface area contributed by atoms with Crippen LogP contribution in [0.5, 0.6) is 0 Å². The Kier molecular flexibility index (Phi) is 6.66. The molecule has 4 rings (SSSR count). The summed E-state index contributed by atoms with van der Waals surface area (Å²) in [6.45, 7) is 6.57. The number of hydrogen-bond acceptors (Lipinski definition) is 5. The van der Waals surface area contributed by atoms with Crippen LogP contribution in [0.1, 0.15) is 52.4 Å². The first-order valence-electron chi connectivity index (χ1n) is 10.4. The van der Waals surface area contributed by atoms with Gasteiger partial charge in [-0.15, -0.1) is 23.1 Å². The second kappa shape index (κ2) is 9.41. The van der Waals surface area contributed by atoms with Gasteiger partial charge in [0.25, 0.3) is 5.91 Å². The molecule has 6 heteroatoms. The summed E-state index contributed by atoms with van der Waals surface area (Å²) in [7, 11) is 0. The van der Waals surface area contributed by atoms with Crippen LogP contribution < -0.4 is 5.32 Å². The molecule has 0 spiro atoms. The van der Waals surface area contributed by atoms with Gasteiger partial charge in [0.1, 0.15) is 5.00 Å². The number of carbonyl (C=O) groups excluding carboxylic acids is 1. The molecule has 1 amide bonds. The molecule has 0 bridgehead atoms. The molecule has 30 heavy (non-hydrogen) atoms. The highest BCUT2D eigenvalue weighted by molar-refractivity contribution is 7.98. The van der Waals surface area contributed by atoms with E-state index < -0.39 is 0 Å². The third-order valence-corrected chi connectivity index (χ3v) is 7.49. The van der Waals surface area contributed by atoms with Gasteiger partial charge in [-0.25, -0.2) is 0 Å². The summed E-state index contributed by atoms with van der Waals surface area (Å²) in [5.74, 6) is 0.898. The second-order valence-corrected chi connectivity index (χ2v) is 10.1. The van der Waals surface area contributed by atoms with Crippen molar-refractivity contribution in [2.75, 3.05) is 24.7 Å². The zero-order valence-electron chi connectivity index (χ0n) is 17.7. The molecule has 4 nitrogen and oxygen atoms in total. The SMILES string of the molecule is CSc1ccc([C@H](c2cc(C)sc2NC(=O)c2ccco2)N2CCC(C)CC2)cc1. The fourth-order valence-corrected chi connectivity index (χ4v) is 5.42. The fraction of sp³-hybridized carbons (Fsp3) is 0.375. The first-order valence-corrected chi connectivity index (χ1v) is 12.4. The molecule has 1 aliphatic heterocycles. The lowest BCUT2D eigenvalue weighted by Crippen LogP contribution is -2.37. The van der Waals surface area contributed by atoms with Crippen LogP contribution in [-0.4, -0.2) is 30.2 Å². The first-order chi connectivity index (χ1) is 14.5. The van der Waals surface area contributed by atoms with Gasteiger partial charge in [0, 0.05) is 15.3 Å². The van der Waals surface area contributed by atoms with Crippen molar-refractivity contribution in [2.45, 2.75) is 37.6 Å². The van der Waals surface area contributed by atoms with Crippen molar-refractivity contribution in [3.63, 3.8) is 0 Å². The maximum atomic E-state index is 12.7. The number of likely N-dealkylation sites (tertiary alicyclic amines) is 1. The van der Waals surface area contributed by atoms with Gasteiger partial charge in [-0.05, 0) is 80.9 Å². The normalized spacial score (nSPS) is 16.5. The molecular weight excluding hydrogens is 412 g/mol. The van der Waals surface area contributed by atoms with E-state index in [2.05, 4.69) is 60.7 Å². The van der Waals surface area contributed by atoms with Crippen LogP contribution in [0.25, 0.3) is 0 Å². The lowest BCUT2D eigenvalue weighted by Gasteiger charge is -2.37. The minimum Gasteiger partial charge on any atom is -0.459 e. The Morgan fingerprint density at radius 2 is 1.97 bits per heavy atom. The van der Waals surface area contributed by atoms with Crippen molar-refractivity contribution < 1.29 is 9.21 Å². The number of aryl methyl sites for hydroxylation is 1. The van der Waals surface area contributed by atoms with E-state index in [0.29, 0.717) is 5.76 Å². The summed E-state index contributed by atoms with van der Waals surface area (Å²) in [6.07, 6.45) is 6.04. The van der Waals surface area contributed by atoms with Gasteiger partial charge in [0.15, 0.2) is 5.76 Å². The molecule has 1 N–H and O–H groups in total. The number of carbonyl (C=O) groups is 1. The van der Waals surface area contributed by atoms with Crippen molar-refractivity contribution >= 4 is 34.0 Å². The maximum Gasteiger partial charge on any atom is 0.291 e. The zero-order valence-corrected chi connectivity index (χ0v) is 19.3. The number of amides is 1. The molecule has 0 unspecified atom stereocenters. The maximum absolute atomic E-state index is 12.7. The largest absolute Gasteiger partial charge is 0.459 e. The van der Waals surface area contributed by atoms with Gasteiger partial charge >= 0.3 is 0 Å². The van der Waals surface area contributed by atoms with Crippen molar-refractivity contribution in [3.8, 4) is 0 Å². The Labute approximate surface area is 186 Å². The van der Waals surface area contributed by atoms with Gasteiger partial charge in [0.05, 0.1) is 12.3 Å². The number of benzene rings is 1. The molecule has 1 atom stereocenters. The number of nitrogens with zero attached hydrogens (tertiary/aromatic N) is 1. The molecule has 1 aliphatic rings. The van der Waals surface area contributed by atoms with Crippen molar-refractivity contribution in [3.05, 3.63) is 70.5 Å². The van der Waals surface area contributed by atoms with Crippen LogP contribution in [0, 0.1) is 12.8 Å². The van der Waals surface area contributed by atoms with E-state index in [1.165, 1.54) is 40.0 Å². The predicted octanol–water partition coefficient (Wildman–Crippen LogP) is 6.45. The number of nitrogens with one attached hydrogen (secondary N) is 1. The number of rotatable bonds is 6. The van der Waals surface area contributed by atoms with Crippen LogP contribution in [0.4, 0.5) is 5.00 Å². The Morgan fingerprint density at radius 3 is 2.60 bits per heavy atom. The second-order valence-electron chi connectivity index (χ2n) is 7.97. The van der Waals surface area contributed by atoms with Crippen molar-refractivity contribution in [1.82, 2.24) is 4.90 Å². The molecule has 1 aromatic carbocycles. The molecule has 1 saturated heterocycles. The molecule has 3 aromatic rings. The monoisotopic (exact) mass is 440 g/mol. The quantitative estimate of drug-likeness (QED) is 0.448. The lowest BCUT2D eigenvalue weighted by atomic mass is 9.93. The number of anilines is 1. The average Bonchev–Trinajstić information content (AvgIpc) is 3.41. The van der Waals surface area contributed by atoms with Crippen LogP contribution in [0.2, 0.25) is 0 Å². The van der Waals surface area contributed by atoms with E-state index in [0.717, 1.165) is 24.0 Å². The minimum atomic E-state index is -0.202. The summed E-state index contributed by atoms with van der Waals surface area (Å²) in [5, 5.41) is 4.02. The van der Waals surface area contributed by atoms with E-state index in [1.807, 2.05) is 0 Å². The van der Waals surface area contributed by atoms with Crippen molar-refractivity contribution in [1.29, 1.82) is 0 Å². The zero-order chi connectivity index (χ0) is 21.1. The summed E-state index contributed by atoms with van der Waals surface area (Å²) in [4.78, 5) is 17.7. The Morgan fingerprint density at radius 1 is 1.23 bits per heavy atom. The smallest absolute Gasteiger partial charge is 0.291 e. The van der Waals surface area contributed by atoms with E-state index in [1.54, 1.807) is 35.2 Å². The van der Waals surface area contributed by atoms with E-state index >= 15 is 0 Å². The summed E-state index contributed by atoms with van der Waals surface area (Å²) in [5.41, 5.74) is 2.44. The summed E-state index contributed by atoms with van der Waals surface area (Å²) < 4.78 is 5.29. The minimum absolute atomic E-state index is 0.130. The highest BCUT2D eigenvalue weighted by atomic mass is 32.2. The Bertz CT molecular complexity index is 971. The molecule has 0 radical (unpaired) electrons. The highest BCUT2D eigenvalue weighted by Gasteiger charge is 2.29. The first kappa shape index (κ1) is 21.2. The van der Waals surface area contributed by atoms with Crippen LogP contribution in [-0.2, 0) is 0 Å².